The van der Waals surface area contributed by atoms with E-state index in [2.05, 4.69) is 5.32 Å². The molecule has 0 aliphatic rings. The Morgan fingerprint density at radius 3 is 2.62 bits per heavy atom. The van der Waals surface area contributed by atoms with Gasteiger partial charge in [-0.2, -0.15) is 0 Å². The van der Waals surface area contributed by atoms with E-state index in [-0.39, 0.29) is 17.6 Å². The molecule has 0 aliphatic carbocycles. The predicted molar refractivity (Wildman–Crippen MR) is 79.8 cm³/mol. The van der Waals surface area contributed by atoms with Crippen molar-refractivity contribution in [2.75, 3.05) is 5.73 Å². The summed E-state index contributed by atoms with van der Waals surface area (Å²) in [5, 5.41) is 13.5. The van der Waals surface area contributed by atoms with Crippen molar-refractivity contribution in [2.45, 2.75) is 13.0 Å². The quantitative estimate of drug-likeness (QED) is 0.512. The van der Waals surface area contributed by atoms with Crippen LogP contribution in [0, 0.1) is 10.1 Å². The number of nitrogens with two attached hydrogens (primary N) is 1. The molecule has 1 unspecified atom stereocenters. The zero-order valence-electron chi connectivity index (χ0n) is 11.4. The fourth-order valence-electron chi connectivity index (χ4n) is 1.97. The van der Waals surface area contributed by atoms with Crippen molar-refractivity contribution in [2.24, 2.45) is 0 Å². The van der Waals surface area contributed by atoms with Crippen LogP contribution in [0.3, 0.4) is 0 Å². The van der Waals surface area contributed by atoms with Crippen molar-refractivity contribution in [3.8, 4) is 0 Å². The van der Waals surface area contributed by atoms with E-state index in [0.29, 0.717) is 16.8 Å². The Morgan fingerprint density at radius 1 is 1.24 bits per heavy atom. The van der Waals surface area contributed by atoms with Gasteiger partial charge < -0.3 is 11.1 Å². The number of amides is 1. The van der Waals surface area contributed by atoms with Gasteiger partial charge in [0.2, 0.25) is 0 Å². The Labute approximate surface area is 121 Å². The van der Waals surface area contributed by atoms with Gasteiger partial charge in [-0.1, -0.05) is 24.3 Å². The lowest BCUT2D eigenvalue weighted by Gasteiger charge is -2.15. The molecule has 0 radical (unpaired) electrons. The van der Waals surface area contributed by atoms with Crippen molar-refractivity contribution >= 4 is 17.3 Å². The maximum atomic E-state index is 12.1. The SMILES string of the molecule is CC(NC(=O)c1ccccc1N)c1cccc([N+](=O)[O-])c1. The number of para-hydroxylation sites is 1. The van der Waals surface area contributed by atoms with E-state index in [1.165, 1.54) is 12.1 Å². The van der Waals surface area contributed by atoms with Gasteiger partial charge in [0.05, 0.1) is 16.5 Å². The molecule has 21 heavy (non-hydrogen) atoms. The van der Waals surface area contributed by atoms with Crippen LogP contribution in [0.5, 0.6) is 0 Å². The van der Waals surface area contributed by atoms with Gasteiger partial charge in [-0.3, -0.25) is 14.9 Å². The third-order valence-electron chi connectivity index (χ3n) is 3.13. The van der Waals surface area contributed by atoms with Crippen molar-refractivity contribution in [1.29, 1.82) is 0 Å². The number of carbonyl (C=O) groups excluding carboxylic acids is 1. The molecule has 0 bridgehead atoms. The number of non-ortho nitro benzene ring substituents is 1. The Kier molecular flexibility index (Phi) is 4.18. The third-order valence-corrected chi connectivity index (χ3v) is 3.13. The lowest BCUT2D eigenvalue weighted by molar-refractivity contribution is -0.384. The van der Waals surface area contributed by atoms with Gasteiger partial charge in [0.1, 0.15) is 0 Å². The molecule has 0 heterocycles. The summed E-state index contributed by atoms with van der Waals surface area (Å²) in [6.07, 6.45) is 0. The van der Waals surface area contributed by atoms with E-state index in [1.54, 1.807) is 43.3 Å². The first-order valence-electron chi connectivity index (χ1n) is 6.38. The summed E-state index contributed by atoms with van der Waals surface area (Å²) < 4.78 is 0. The molecule has 2 aromatic carbocycles. The van der Waals surface area contributed by atoms with E-state index in [0.717, 1.165) is 0 Å². The van der Waals surface area contributed by atoms with Crippen LogP contribution >= 0.6 is 0 Å². The largest absolute Gasteiger partial charge is 0.398 e. The number of rotatable bonds is 4. The van der Waals surface area contributed by atoms with Crippen LogP contribution in [0.1, 0.15) is 28.9 Å². The molecule has 0 saturated heterocycles. The third kappa shape index (κ3) is 3.36. The van der Waals surface area contributed by atoms with Crippen LogP contribution in [0.4, 0.5) is 11.4 Å². The smallest absolute Gasteiger partial charge is 0.269 e. The van der Waals surface area contributed by atoms with Gasteiger partial charge in [-0.25, -0.2) is 0 Å². The normalized spacial score (nSPS) is 11.7. The zero-order valence-corrected chi connectivity index (χ0v) is 11.4. The minimum absolute atomic E-state index is 0.00664. The summed E-state index contributed by atoms with van der Waals surface area (Å²) in [6.45, 7) is 1.76. The van der Waals surface area contributed by atoms with Crippen LogP contribution in [-0.2, 0) is 0 Å². The fraction of sp³-hybridized carbons (Fsp3) is 0.133. The first kappa shape index (κ1) is 14.5. The topological polar surface area (TPSA) is 98.3 Å². The molecule has 6 heteroatoms. The number of nitro groups is 1. The maximum Gasteiger partial charge on any atom is 0.269 e. The highest BCUT2D eigenvalue weighted by atomic mass is 16.6. The Bertz CT molecular complexity index is 685. The summed E-state index contributed by atoms with van der Waals surface area (Å²) in [5.41, 5.74) is 7.18. The molecule has 3 N–H and O–H groups in total. The number of nitro benzene ring substituents is 1. The number of benzene rings is 2. The van der Waals surface area contributed by atoms with E-state index in [9.17, 15) is 14.9 Å². The lowest BCUT2D eigenvalue weighted by atomic mass is 10.1. The predicted octanol–water partition coefficient (Wildman–Crippen LogP) is 2.67. The second kappa shape index (κ2) is 6.04. The summed E-state index contributed by atoms with van der Waals surface area (Å²) >= 11 is 0. The highest BCUT2D eigenvalue weighted by Gasteiger charge is 2.15. The molecule has 0 fully saturated rings. The van der Waals surface area contributed by atoms with E-state index in [4.69, 9.17) is 5.73 Å². The molecule has 108 valence electrons. The molecular weight excluding hydrogens is 270 g/mol. The van der Waals surface area contributed by atoms with Crippen molar-refractivity contribution < 1.29 is 9.72 Å². The maximum absolute atomic E-state index is 12.1. The van der Waals surface area contributed by atoms with E-state index in [1.807, 2.05) is 0 Å². The number of carbonyl (C=O) groups is 1. The molecule has 2 rings (SSSR count). The van der Waals surface area contributed by atoms with Gasteiger partial charge in [0.25, 0.3) is 11.6 Å². The summed E-state index contributed by atoms with van der Waals surface area (Å²) in [5.74, 6) is -0.313. The Hall–Kier alpha value is -2.89. The Morgan fingerprint density at radius 2 is 1.95 bits per heavy atom. The van der Waals surface area contributed by atoms with E-state index >= 15 is 0 Å². The van der Waals surface area contributed by atoms with Crippen molar-refractivity contribution in [1.82, 2.24) is 5.32 Å². The molecule has 1 atom stereocenters. The molecule has 1 amide bonds. The molecule has 0 aromatic heterocycles. The molecule has 6 nitrogen and oxygen atoms in total. The number of hydrogen-bond donors (Lipinski definition) is 2. The van der Waals surface area contributed by atoms with Crippen LogP contribution in [0.15, 0.2) is 48.5 Å². The van der Waals surface area contributed by atoms with Gasteiger partial charge in [-0.05, 0) is 24.6 Å². The highest BCUT2D eigenvalue weighted by molar-refractivity contribution is 5.99. The van der Waals surface area contributed by atoms with Gasteiger partial charge >= 0.3 is 0 Å². The van der Waals surface area contributed by atoms with Crippen LogP contribution < -0.4 is 11.1 Å². The van der Waals surface area contributed by atoms with Crippen molar-refractivity contribution in [3.63, 3.8) is 0 Å². The molecule has 0 aliphatic heterocycles. The number of anilines is 1. The second-order valence-corrected chi connectivity index (χ2v) is 4.63. The summed E-state index contributed by atoms with van der Waals surface area (Å²) in [6, 6.07) is 12.6. The summed E-state index contributed by atoms with van der Waals surface area (Å²) in [4.78, 5) is 22.4. The summed E-state index contributed by atoms with van der Waals surface area (Å²) in [7, 11) is 0. The Balaban J connectivity index is 2.16. The van der Waals surface area contributed by atoms with Crippen LogP contribution in [-0.4, -0.2) is 10.8 Å². The van der Waals surface area contributed by atoms with Crippen LogP contribution in [0.25, 0.3) is 0 Å². The minimum atomic E-state index is -0.465. The number of nitrogen functional groups attached to an aromatic ring is 1. The van der Waals surface area contributed by atoms with Crippen LogP contribution in [0.2, 0.25) is 0 Å². The fourth-order valence-corrected chi connectivity index (χ4v) is 1.97. The zero-order chi connectivity index (χ0) is 15.4. The molecule has 2 aromatic rings. The number of nitrogens with zero attached hydrogens (tertiary/aromatic N) is 1. The average molecular weight is 285 g/mol. The van der Waals surface area contributed by atoms with Gasteiger partial charge in [0.15, 0.2) is 0 Å². The average Bonchev–Trinajstić information content (AvgIpc) is 2.47. The monoisotopic (exact) mass is 285 g/mol. The number of nitrogens with one attached hydrogen (secondary N) is 1. The lowest BCUT2D eigenvalue weighted by Crippen LogP contribution is -2.27. The van der Waals surface area contributed by atoms with Gasteiger partial charge in [-0.15, -0.1) is 0 Å². The van der Waals surface area contributed by atoms with E-state index < -0.39 is 4.92 Å². The second-order valence-electron chi connectivity index (χ2n) is 4.63. The molecule has 0 spiro atoms. The highest BCUT2D eigenvalue weighted by Crippen LogP contribution is 2.20. The molecule has 0 saturated carbocycles. The minimum Gasteiger partial charge on any atom is -0.398 e. The first-order valence-corrected chi connectivity index (χ1v) is 6.38. The standard InChI is InChI=1S/C15H15N3O3/c1-10(11-5-4-6-12(9-11)18(20)21)17-15(19)13-7-2-3-8-14(13)16/h2-10H,16H2,1H3,(H,17,19). The first-order chi connectivity index (χ1) is 9.99. The van der Waals surface area contributed by atoms with Gasteiger partial charge in [0, 0.05) is 17.8 Å². The molecular formula is C15H15N3O3. The van der Waals surface area contributed by atoms with Crippen molar-refractivity contribution in [3.05, 3.63) is 69.8 Å². The number of hydrogen-bond acceptors (Lipinski definition) is 4.